The van der Waals surface area contributed by atoms with Crippen molar-refractivity contribution in [3.63, 3.8) is 0 Å². The van der Waals surface area contributed by atoms with Crippen LogP contribution in [0.3, 0.4) is 0 Å². The zero-order valence-corrected chi connectivity index (χ0v) is 12.4. The molecule has 0 radical (unpaired) electrons. The largest absolute Gasteiger partial charge is 0.321 e. The van der Waals surface area contributed by atoms with Gasteiger partial charge in [0.2, 0.25) is 0 Å². The first-order valence-corrected chi connectivity index (χ1v) is 6.75. The third-order valence-electron chi connectivity index (χ3n) is 3.19. The van der Waals surface area contributed by atoms with Crippen molar-refractivity contribution in [2.24, 2.45) is 0 Å². The Bertz CT molecular complexity index is 771. The Hall–Kier alpha value is -2.93. The highest BCUT2D eigenvalue weighted by molar-refractivity contribution is 6.09. The number of nitriles is 1. The molecule has 0 aliphatic carbocycles. The number of rotatable bonds is 3. The van der Waals surface area contributed by atoms with Gasteiger partial charge >= 0.3 is 0 Å². The van der Waals surface area contributed by atoms with Crippen molar-refractivity contribution in [2.75, 3.05) is 5.32 Å². The Labute approximate surface area is 128 Å². The molecular formula is C18H15FN2O. The highest BCUT2D eigenvalue weighted by Crippen LogP contribution is 2.16. The highest BCUT2D eigenvalue weighted by Gasteiger charge is 2.10. The lowest BCUT2D eigenvalue weighted by atomic mass is 10.0. The number of carbonyl (C=O) groups excluding carboxylic acids is 1. The van der Waals surface area contributed by atoms with Crippen LogP contribution < -0.4 is 5.32 Å². The van der Waals surface area contributed by atoms with Crippen molar-refractivity contribution in [1.29, 1.82) is 5.26 Å². The lowest BCUT2D eigenvalue weighted by Gasteiger charge is -2.06. The van der Waals surface area contributed by atoms with Gasteiger partial charge in [0.1, 0.15) is 17.5 Å². The van der Waals surface area contributed by atoms with Crippen LogP contribution in [-0.4, -0.2) is 5.91 Å². The maximum atomic E-state index is 12.8. The molecule has 1 amide bonds. The van der Waals surface area contributed by atoms with E-state index in [9.17, 15) is 14.4 Å². The highest BCUT2D eigenvalue weighted by atomic mass is 19.1. The Balaban J connectivity index is 2.23. The average molecular weight is 294 g/mol. The fraction of sp³-hybridized carbons (Fsp3) is 0.111. The molecule has 2 aromatic rings. The van der Waals surface area contributed by atoms with E-state index in [4.69, 9.17) is 0 Å². The average Bonchev–Trinajstić information content (AvgIpc) is 2.49. The van der Waals surface area contributed by atoms with Crippen LogP contribution in [0.25, 0.3) is 6.08 Å². The molecule has 4 heteroatoms. The molecule has 0 bridgehead atoms. The van der Waals surface area contributed by atoms with E-state index in [0.29, 0.717) is 5.69 Å². The summed E-state index contributed by atoms with van der Waals surface area (Å²) >= 11 is 0. The molecule has 0 fully saturated rings. The molecular weight excluding hydrogens is 279 g/mol. The van der Waals surface area contributed by atoms with Crippen molar-refractivity contribution in [2.45, 2.75) is 13.8 Å². The van der Waals surface area contributed by atoms with Crippen LogP contribution in [0.2, 0.25) is 0 Å². The van der Waals surface area contributed by atoms with Gasteiger partial charge in [0.25, 0.3) is 5.91 Å². The van der Waals surface area contributed by atoms with E-state index in [-0.39, 0.29) is 11.4 Å². The molecule has 0 aliphatic heterocycles. The van der Waals surface area contributed by atoms with Crippen LogP contribution in [0.15, 0.2) is 48.0 Å². The lowest BCUT2D eigenvalue weighted by molar-refractivity contribution is -0.112. The maximum absolute atomic E-state index is 12.8. The van der Waals surface area contributed by atoms with Gasteiger partial charge < -0.3 is 5.32 Å². The molecule has 0 aromatic heterocycles. The Kier molecular flexibility index (Phi) is 4.70. The second-order valence-corrected chi connectivity index (χ2v) is 4.99. The minimum absolute atomic E-state index is 0.00345. The molecule has 2 aromatic carbocycles. The van der Waals surface area contributed by atoms with E-state index in [0.717, 1.165) is 16.7 Å². The molecule has 0 unspecified atom stereocenters. The third-order valence-corrected chi connectivity index (χ3v) is 3.19. The smallest absolute Gasteiger partial charge is 0.266 e. The molecule has 0 heterocycles. The van der Waals surface area contributed by atoms with Gasteiger partial charge in [-0.15, -0.1) is 0 Å². The van der Waals surface area contributed by atoms with Gasteiger partial charge in [0.05, 0.1) is 0 Å². The number of nitrogens with zero attached hydrogens (tertiary/aromatic N) is 1. The quantitative estimate of drug-likeness (QED) is 0.687. The second-order valence-electron chi connectivity index (χ2n) is 4.99. The van der Waals surface area contributed by atoms with E-state index >= 15 is 0 Å². The number of aryl methyl sites for hydroxylation is 2. The van der Waals surface area contributed by atoms with E-state index in [1.54, 1.807) is 6.08 Å². The summed E-state index contributed by atoms with van der Waals surface area (Å²) in [5, 5.41) is 11.8. The van der Waals surface area contributed by atoms with E-state index < -0.39 is 5.91 Å². The predicted molar refractivity (Wildman–Crippen MR) is 84.5 cm³/mol. The van der Waals surface area contributed by atoms with E-state index in [1.165, 1.54) is 24.3 Å². The molecule has 0 spiro atoms. The number of anilines is 1. The number of hydrogen-bond acceptors (Lipinski definition) is 2. The number of carbonyl (C=O) groups is 1. The molecule has 0 atom stereocenters. The molecule has 0 aliphatic rings. The van der Waals surface area contributed by atoms with Gasteiger partial charge in [-0.3, -0.25) is 4.79 Å². The standard InChI is InChI=1S/C18H15FN2O/c1-12-3-4-14(13(2)9-12)10-15(11-20)18(22)21-17-7-5-16(19)6-8-17/h3-10H,1-2H3,(H,21,22)/b15-10+. The van der Waals surface area contributed by atoms with Gasteiger partial charge in [0, 0.05) is 5.69 Å². The summed E-state index contributed by atoms with van der Waals surface area (Å²) in [6, 6.07) is 13.1. The summed E-state index contributed by atoms with van der Waals surface area (Å²) in [7, 11) is 0. The molecule has 22 heavy (non-hydrogen) atoms. The van der Waals surface area contributed by atoms with Crippen LogP contribution in [0.4, 0.5) is 10.1 Å². The van der Waals surface area contributed by atoms with Crippen LogP contribution >= 0.6 is 0 Å². The topological polar surface area (TPSA) is 52.9 Å². The number of halogens is 1. The summed E-state index contributed by atoms with van der Waals surface area (Å²) in [5.41, 5.74) is 3.35. The molecule has 1 N–H and O–H groups in total. The molecule has 2 rings (SSSR count). The molecule has 3 nitrogen and oxygen atoms in total. The van der Waals surface area contributed by atoms with E-state index in [1.807, 2.05) is 38.1 Å². The fourth-order valence-corrected chi connectivity index (χ4v) is 2.02. The Morgan fingerprint density at radius 1 is 1.18 bits per heavy atom. The van der Waals surface area contributed by atoms with Gasteiger partial charge in [-0.1, -0.05) is 23.8 Å². The van der Waals surface area contributed by atoms with Crippen LogP contribution in [-0.2, 0) is 4.79 Å². The number of nitrogens with one attached hydrogen (secondary N) is 1. The van der Waals surface area contributed by atoms with Crippen molar-refractivity contribution < 1.29 is 9.18 Å². The monoisotopic (exact) mass is 294 g/mol. The SMILES string of the molecule is Cc1ccc(/C=C(\C#N)C(=O)Nc2ccc(F)cc2)c(C)c1. The molecule has 0 saturated heterocycles. The Morgan fingerprint density at radius 2 is 1.86 bits per heavy atom. The first-order valence-electron chi connectivity index (χ1n) is 6.75. The summed E-state index contributed by atoms with van der Waals surface area (Å²) in [6.07, 6.45) is 1.55. The number of benzene rings is 2. The van der Waals surface area contributed by atoms with E-state index in [2.05, 4.69) is 5.32 Å². The molecule has 0 saturated carbocycles. The second kappa shape index (κ2) is 6.68. The minimum atomic E-state index is -0.519. The Morgan fingerprint density at radius 3 is 2.45 bits per heavy atom. The first-order chi connectivity index (χ1) is 10.5. The number of hydrogen-bond donors (Lipinski definition) is 1. The van der Waals surface area contributed by atoms with Gasteiger partial charge in [0.15, 0.2) is 0 Å². The van der Waals surface area contributed by atoms with Crippen LogP contribution in [0.1, 0.15) is 16.7 Å². The zero-order chi connectivity index (χ0) is 16.1. The number of amides is 1. The van der Waals surface area contributed by atoms with Crippen molar-refractivity contribution in [1.82, 2.24) is 0 Å². The third kappa shape index (κ3) is 3.80. The normalized spacial score (nSPS) is 10.9. The van der Waals surface area contributed by atoms with Gasteiger partial charge in [-0.2, -0.15) is 5.26 Å². The van der Waals surface area contributed by atoms with Crippen LogP contribution in [0, 0.1) is 31.0 Å². The summed E-state index contributed by atoms with van der Waals surface area (Å²) in [6.45, 7) is 3.90. The molecule has 110 valence electrons. The van der Waals surface area contributed by atoms with Crippen LogP contribution in [0.5, 0.6) is 0 Å². The minimum Gasteiger partial charge on any atom is -0.321 e. The van der Waals surface area contributed by atoms with Crippen molar-refractivity contribution >= 4 is 17.7 Å². The van der Waals surface area contributed by atoms with Gasteiger partial charge in [-0.25, -0.2) is 4.39 Å². The van der Waals surface area contributed by atoms with Crippen molar-refractivity contribution in [3.05, 3.63) is 70.5 Å². The van der Waals surface area contributed by atoms with Gasteiger partial charge in [-0.05, 0) is 55.3 Å². The zero-order valence-electron chi connectivity index (χ0n) is 12.4. The maximum Gasteiger partial charge on any atom is 0.266 e. The first kappa shape index (κ1) is 15.5. The van der Waals surface area contributed by atoms with Crippen molar-refractivity contribution in [3.8, 4) is 6.07 Å². The lowest BCUT2D eigenvalue weighted by Crippen LogP contribution is -2.13. The summed E-state index contributed by atoms with van der Waals surface area (Å²) in [5.74, 6) is -0.904. The predicted octanol–water partition coefficient (Wildman–Crippen LogP) is 3.99. The fourth-order valence-electron chi connectivity index (χ4n) is 2.02. The summed E-state index contributed by atoms with van der Waals surface area (Å²) < 4.78 is 12.8. The summed E-state index contributed by atoms with van der Waals surface area (Å²) in [4.78, 5) is 12.1.